The highest BCUT2D eigenvalue weighted by Gasteiger charge is 2.31. The molecule has 1 aromatic heterocycles. The summed E-state index contributed by atoms with van der Waals surface area (Å²) in [5.41, 5.74) is 2.02. The first-order valence-electron chi connectivity index (χ1n) is 8.28. The molecular formula is C19H18F3N3OS. The Balaban J connectivity index is 1.72. The van der Waals surface area contributed by atoms with Gasteiger partial charge in [-0.2, -0.15) is 0 Å². The molecule has 0 aliphatic heterocycles. The van der Waals surface area contributed by atoms with Crippen LogP contribution in [0.4, 0.5) is 13.2 Å². The number of halogens is 3. The van der Waals surface area contributed by atoms with E-state index in [0.29, 0.717) is 6.54 Å². The smallest absolute Gasteiger partial charge is 0.406 e. The summed E-state index contributed by atoms with van der Waals surface area (Å²) in [5, 5.41) is 9.16. The Kier molecular flexibility index (Phi) is 5.74. The van der Waals surface area contributed by atoms with Crippen molar-refractivity contribution in [3.63, 3.8) is 0 Å². The van der Waals surface area contributed by atoms with Gasteiger partial charge in [-0.3, -0.25) is 0 Å². The number of hydrogen-bond acceptors (Lipinski definition) is 4. The molecule has 1 heterocycles. The molecule has 0 aliphatic carbocycles. The first-order chi connectivity index (χ1) is 12.8. The number of thioether (sulfide) groups is 1. The van der Waals surface area contributed by atoms with Gasteiger partial charge in [0.25, 0.3) is 0 Å². The second-order valence-corrected chi connectivity index (χ2v) is 7.29. The molecule has 27 heavy (non-hydrogen) atoms. The molecule has 3 aromatic rings. The quantitative estimate of drug-likeness (QED) is 0.527. The number of nitrogens with zero attached hydrogens (tertiary/aromatic N) is 3. The van der Waals surface area contributed by atoms with Crippen molar-refractivity contribution < 1.29 is 17.9 Å². The Morgan fingerprint density at radius 3 is 2.33 bits per heavy atom. The molecule has 0 fully saturated rings. The van der Waals surface area contributed by atoms with E-state index in [1.165, 1.54) is 23.9 Å². The number of ether oxygens (including phenoxy) is 1. The lowest BCUT2D eigenvalue weighted by atomic mass is 10.2. The minimum Gasteiger partial charge on any atom is -0.406 e. The maximum atomic E-state index is 12.3. The largest absolute Gasteiger partial charge is 0.573 e. The monoisotopic (exact) mass is 393 g/mol. The molecule has 0 saturated carbocycles. The summed E-state index contributed by atoms with van der Waals surface area (Å²) in [5.74, 6) is 0.578. The minimum absolute atomic E-state index is 0.0111. The number of hydrogen-bond donors (Lipinski definition) is 0. The fourth-order valence-electron chi connectivity index (χ4n) is 2.56. The molecule has 4 nitrogen and oxygen atoms in total. The van der Waals surface area contributed by atoms with E-state index in [4.69, 9.17) is 0 Å². The molecule has 0 saturated heterocycles. The van der Waals surface area contributed by atoms with Crippen molar-refractivity contribution in [3.8, 4) is 5.75 Å². The lowest BCUT2D eigenvalue weighted by molar-refractivity contribution is -0.274. The minimum atomic E-state index is -4.69. The van der Waals surface area contributed by atoms with Crippen LogP contribution in [-0.4, -0.2) is 21.1 Å². The summed E-state index contributed by atoms with van der Waals surface area (Å²) < 4.78 is 42.7. The maximum Gasteiger partial charge on any atom is 0.573 e. The fraction of sp³-hybridized carbons (Fsp3) is 0.263. The third-order valence-corrected chi connectivity index (χ3v) is 5.09. The van der Waals surface area contributed by atoms with Crippen LogP contribution >= 0.6 is 11.8 Å². The Morgan fingerprint density at radius 1 is 1.04 bits per heavy atom. The zero-order chi connectivity index (χ0) is 19.4. The van der Waals surface area contributed by atoms with Gasteiger partial charge in [-0.1, -0.05) is 54.2 Å². The van der Waals surface area contributed by atoms with Gasteiger partial charge in [-0.15, -0.1) is 23.4 Å². The molecule has 3 rings (SSSR count). The molecule has 0 N–H and O–H groups in total. The van der Waals surface area contributed by atoms with Crippen LogP contribution in [0.2, 0.25) is 0 Å². The van der Waals surface area contributed by atoms with Gasteiger partial charge in [0.05, 0.1) is 6.54 Å². The van der Waals surface area contributed by atoms with E-state index in [9.17, 15) is 13.2 Å². The van der Waals surface area contributed by atoms with Gasteiger partial charge in [-0.05, 0) is 37.1 Å². The molecule has 2 aromatic carbocycles. The number of aromatic nitrogens is 3. The molecule has 0 aliphatic rings. The molecule has 0 bridgehead atoms. The third-order valence-electron chi connectivity index (χ3n) is 3.95. The van der Waals surface area contributed by atoms with E-state index in [2.05, 4.69) is 14.9 Å². The van der Waals surface area contributed by atoms with Crippen LogP contribution in [0.25, 0.3) is 0 Å². The number of rotatable bonds is 6. The van der Waals surface area contributed by atoms with Crippen molar-refractivity contribution in [1.29, 1.82) is 0 Å². The average Bonchev–Trinajstić information content (AvgIpc) is 2.95. The highest BCUT2D eigenvalue weighted by atomic mass is 32.2. The molecule has 8 heteroatoms. The number of alkyl halides is 3. The standard InChI is InChI=1S/C19H18F3N3OS/c1-13(16-8-10-17(11-9-16)26-19(20,21)22)27-18-24-23-14(2)25(18)12-15-6-4-3-5-7-15/h3-11,13H,12H2,1-2H3. The van der Waals surface area contributed by atoms with Crippen LogP contribution in [0.15, 0.2) is 59.8 Å². The SMILES string of the molecule is Cc1nnc(SC(C)c2ccc(OC(F)(F)F)cc2)n1Cc1ccccc1. The van der Waals surface area contributed by atoms with Crippen LogP contribution in [-0.2, 0) is 6.54 Å². The molecule has 1 unspecified atom stereocenters. The topological polar surface area (TPSA) is 39.9 Å². The van der Waals surface area contributed by atoms with Gasteiger partial charge in [-0.25, -0.2) is 0 Å². The van der Waals surface area contributed by atoms with Crippen LogP contribution in [0.5, 0.6) is 5.75 Å². The van der Waals surface area contributed by atoms with Crippen LogP contribution in [0, 0.1) is 6.92 Å². The molecule has 1 atom stereocenters. The van der Waals surface area contributed by atoms with E-state index in [1.807, 2.05) is 48.7 Å². The Morgan fingerprint density at radius 2 is 1.70 bits per heavy atom. The number of benzene rings is 2. The zero-order valence-corrected chi connectivity index (χ0v) is 15.6. The van der Waals surface area contributed by atoms with Gasteiger partial charge < -0.3 is 9.30 Å². The highest BCUT2D eigenvalue weighted by molar-refractivity contribution is 7.99. The first-order valence-corrected chi connectivity index (χ1v) is 9.16. The summed E-state index contributed by atoms with van der Waals surface area (Å²) in [6.07, 6.45) is -4.69. The van der Waals surface area contributed by atoms with Crippen molar-refractivity contribution >= 4 is 11.8 Å². The van der Waals surface area contributed by atoms with Crippen LogP contribution in [0.1, 0.15) is 29.1 Å². The predicted molar refractivity (Wildman–Crippen MR) is 97.7 cm³/mol. The van der Waals surface area contributed by atoms with Crippen molar-refractivity contribution in [3.05, 3.63) is 71.5 Å². The average molecular weight is 393 g/mol. The predicted octanol–water partition coefficient (Wildman–Crippen LogP) is 5.39. The van der Waals surface area contributed by atoms with Crippen molar-refractivity contribution in [2.24, 2.45) is 0 Å². The molecule has 0 radical (unpaired) electrons. The van der Waals surface area contributed by atoms with E-state index in [1.54, 1.807) is 12.1 Å². The van der Waals surface area contributed by atoms with Crippen LogP contribution < -0.4 is 4.74 Å². The number of aryl methyl sites for hydroxylation is 1. The van der Waals surface area contributed by atoms with E-state index in [-0.39, 0.29) is 11.0 Å². The van der Waals surface area contributed by atoms with Gasteiger partial charge in [0.1, 0.15) is 11.6 Å². The molecule has 142 valence electrons. The normalized spacial score (nSPS) is 12.8. The van der Waals surface area contributed by atoms with Gasteiger partial charge in [0.15, 0.2) is 5.16 Å². The van der Waals surface area contributed by atoms with Gasteiger partial charge in [0.2, 0.25) is 0 Å². The molecule has 0 amide bonds. The highest BCUT2D eigenvalue weighted by Crippen LogP contribution is 2.35. The van der Waals surface area contributed by atoms with Crippen molar-refractivity contribution in [2.45, 2.75) is 37.2 Å². The molecular weight excluding hydrogens is 375 g/mol. The summed E-state index contributed by atoms with van der Waals surface area (Å²) in [6, 6.07) is 15.9. The van der Waals surface area contributed by atoms with Crippen molar-refractivity contribution in [1.82, 2.24) is 14.8 Å². The maximum absolute atomic E-state index is 12.3. The fourth-order valence-corrected chi connectivity index (χ4v) is 3.58. The second-order valence-electron chi connectivity index (χ2n) is 5.98. The Hall–Kier alpha value is -2.48. The summed E-state index contributed by atoms with van der Waals surface area (Å²) >= 11 is 1.51. The third kappa shape index (κ3) is 5.26. The van der Waals surface area contributed by atoms with Crippen LogP contribution in [0.3, 0.4) is 0 Å². The van der Waals surface area contributed by atoms with E-state index < -0.39 is 6.36 Å². The van der Waals surface area contributed by atoms with Gasteiger partial charge >= 0.3 is 6.36 Å². The van der Waals surface area contributed by atoms with E-state index >= 15 is 0 Å². The van der Waals surface area contributed by atoms with Crippen molar-refractivity contribution in [2.75, 3.05) is 0 Å². The lowest BCUT2D eigenvalue weighted by Crippen LogP contribution is -2.17. The summed E-state index contributed by atoms with van der Waals surface area (Å²) in [6.45, 7) is 4.53. The molecule has 0 spiro atoms. The Labute approximate surface area is 159 Å². The van der Waals surface area contributed by atoms with E-state index in [0.717, 1.165) is 22.1 Å². The lowest BCUT2D eigenvalue weighted by Gasteiger charge is -2.14. The first kappa shape index (κ1) is 19.3. The summed E-state index contributed by atoms with van der Waals surface area (Å²) in [7, 11) is 0. The second kappa shape index (κ2) is 8.04. The summed E-state index contributed by atoms with van der Waals surface area (Å²) in [4.78, 5) is 0. The Bertz CT molecular complexity index is 879. The zero-order valence-electron chi connectivity index (χ0n) is 14.8. The van der Waals surface area contributed by atoms with Gasteiger partial charge in [0, 0.05) is 5.25 Å².